The van der Waals surface area contributed by atoms with Crippen LogP contribution >= 0.6 is 31.9 Å². The van der Waals surface area contributed by atoms with Crippen LogP contribution in [0.3, 0.4) is 0 Å². The minimum Gasteiger partial charge on any atom is -0.352 e. The predicted octanol–water partition coefficient (Wildman–Crippen LogP) is 3.55. The fourth-order valence-electron chi connectivity index (χ4n) is 2.56. The molecule has 3 nitrogen and oxygen atoms in total. The summed E-state index contributed by atoms with van der Waals surface area (Å²) in [6, 6.07) is 11.6. The molecule has 0 spiro atoms. The normalized spacial score (nSPS) is 15.3. The van der Waals surface area contributed by atoms with Gasteiger partial charge in [-0.05, 0) is 47.4 Å². The SMILES string of the molecule is NC(c1ccc2c(c1)C(=O)NCC2)c1cc(Br)ccc1Br. The number of nitrogens with two attached hydrogens (primary N) is 1. The van der Waals surface area contributed by atoms with Gasteiger partial charge in [0.15, 0.2) is 0 Å². The molecule has 1 unspecified atom stereocenters. The van der Waals surface area contributed by atoms with Crippen molar-refractivity contribution in [1.82, 2.24) is 5.32 Å². The Hall–Kier alpha value is -1.17. The lowest BCUT2D eigenvalue weighted by molar-refractivity contribution is 0.0946. The standard InChI is InChI=1S/C16H14Br2N2O/c17-11-3-4-14(18)13(8-11)15(19)10-2-1-9-5-6-20-16(21)12(9)7-10/h1-4,7-8,15H,5-6,19H2,(H,20,21). The van der Waals surface area contributed by atoms with Crippen molar-refractivity contribution >= 4 is 37.8 Å². The average Bonchev–Trinajstić information content (AvgIpc) is 2.49. The van der Waals surface area contributed by atoms with E-state index in [0.29, 0.717) is 6.54 Å². The van der Waals surface area contributed by atoms with Gasteiger partial charge in [0, 0.05) is 21.1 Å². The van der Waals surface area contributed by atoms with Gasteiger partial charge in [-0.25, -0.2) is 0 Å². The Balaban J connectivity index is 2.02. The fraction of sp³-hybridized carbons (Fsp3) is 0.188. The molecule has 5 heteroatoms. The summed E-state index contributed by atoms with van der Waals surface area (Å²) in [5.74, 6) is -0.0152. The molecule has 0 saturated carbocycles. The van der Waals surface area contributed by atoms with Crippen LogP contribution < -0.4 is 11.1 Å². The van der Waals surface area contributed by atoms with Crippen molar-refractivity contribution in [2.75, 3.05) is 6.54 Å². The summed E-state index contributed by atoms with van der Waals surface area (Å²) in [5.41, 5.74) is 10.1. The fourth-order valence-corrected chi connectivity index (χ4v) is 3.43. The molecule has 0 bridgehead atoms. The summed E-state index contributed by atoms with van der Waals surface area (Å²) in [6.45, 7) is 0.703. The van der Waals surface area contributed by atoms with E-state index in [1.807, 2.05) is 36.4 Å². The second-order valence-electron chi connectivity index (χ2n) is 5.07. The highest BCUT2D eigenvalue weighted by molar-refractivity contribution is 9.11. The number of nitrogens with one attached hydrogen (secondary N) is 1. The summed E-state index contributed by atoms with van der Waals surface area (Å²) in [4.78, 5) is 11.9. The number of fused-ring (bicyclic) bond motifs is 1. The first-order valence-electron chi connectivity index (χ1n) is 6.68. The van der Waals surface area contributed by atoms with Crippen molar-refractivity contribution in [3.05, 3.63) is 67.6 Å². The van der Waals surface area contributed by atoms with Crippen LogP contribution in [0.2, 0.25) is 0 Å². The van der Waals surface area contributed by atoms with Gasteiger partial charge in [0.05, 0.1) is 6.04 Å². The van der Waals surface area contributed by atoms with E-state index in [1.165, 1.54) is 0 Å². The molecule has 1 aliphatic heterocycles. The van der Waals surface area contributed by atoms with Crippen LogP contribution in [0.15, 0.2) is 45.3 Å². The average molecular weight is 410 g/mol. The molecular weight excluding hydrogens is 396 g/mol. The molecule has 1 amide bonds. The van der Waals surface area contributed by atoms with Crippen molar-refractivity contribution in [1.29, 1.82) is 0 Å². The van der Waals surface area contributed by atoms with Crippen LogP contribution in [0, 0.1) is 0 Å². The Morgan fingerprint density at radius 1 is 1.14 bits per heavy atom. The van der Waals surface area contributed by atoms with Gasteiger partial charge in [0.1, 0.15) is 0 Å². The number of rotatable bonds is 2. The molecular formula is C16H14Br2N2O. The Bertz CT molecular complexity index is 715. The lowest BCUT2D eigenvalue weighted by Crippen LogP contribution is -2.32. The van der Waals surface area contributed by atoms with Crippen LogP contribution in [0.4, 0.5) is 0 Å². The second-order valence-corrected chi connectivity index (χ2v) is 6.84. The number of carbonyl (C=O) groups excluding carboxylic acids is 1. The maximum atomic E-state index is 11.9. The van der Waals surface area contributed by atoms with Gasteiger partial charge in [-0.3, -0.25) is 4.79 Å². The highest BCUT2D eigenvalue weighted by atomic mass is 79.9. The molecule has 21 heavy (non-hydrogen) atoms. The molecule has 1 aliphatic rings. The molecule has 1 heterocycles. The molecule has 1 atom stereocenters. The zero-order chi connectivity index (χ0) is 15.0. The monoisotopic (exact) mass is 408 g/mol. The van der Waals surface area contributed by atoms with E-state index in [9.17, 15) is 4.79 Å². The van der Waals surface area contributed by atoms with Gasteiger partial charge in [-0.1, -0.05) is 44.0 Å². The van der Waals surface area contributed by atoms with E-state index in [2.05, 4.69) is 37.2 Å². The number of halogens is 2. The van der Waals surface area contributed by atoms with Gasteiger partial charge < -0.3 is 11.1 Å². The van der Waals surface area contributed by atoms with Crippen LogP contribution in [0.25, 0.3) is 0 Å². The Morgan fingerprint density at radius 2 is 1.95 bits per heavy atom. The Kier molecular flexibility index (Phi) is 4.15. The third-order valence-corrected chi connectivity index (χ3v) is 4.93. The second kappa shape index (κ2) is 5.91. The third-order valence-electron chi connectivity index (χ3n) is 3.71. The Morgan fingerprint density at radius 3 is 2.76 bits per heavy atom. The van der Waals surface area contributed by atoms with Gasteiger partial charge in [0.25, 0.3) is 5.91 Å². The quantitative estimate of drug-likeness (QED) is 0.796. The zero-order valence-corrected chi connectivity index (χ0v) is 14.4. The lowest BCUT2D eigenvalue weighted by Gasteiger charge is -2.20. The van der Waals surface area contributed by atoms with E-state index in [-0.39, 0.29) is 11.9 Å². The summed E-state index contributed by atoms with van der Waals surface area (Å²) in [7, 11) is 0. The van der Waals surface area contributed by atoms with E-state index in [4.69, 9.17) is 5.73 Å². The number of amides is 1. The molecule has 0 radical (unpaired) electrons. The molecule has 3 rings (SSSR count). The minimum absolute atomic E-state index is 0.0152. The van der Waals surface area contributed by atoms with Gasteiger partial charge in [-0.15, -0.1) is 0 Å². The van der Waals surface area contributed by atoms with E-state index >= 15 is 0 Å². The summed E-state index contributed by atoms with van der Waals surface area (Å²) >= 11 is 7.00. The van der Waals surface area contributed by atoms with Crippen LogP contribution in [-0.4, -0.2) is 12.5 Å². The topological polar surface area (TPSA) is 55.1 Å². The van der Waals surface area contributed by atoms with Crippen molar-refractivity contribution in [3.63, 3.8) is 0 Å². The summed E-state index contributed by atoms with van der Waals surface area (Å²) in [5, 5.41) is 2.87. The molecule has 3 N–H and O–H groups in total. The molecule has 0 fully saturated rings. The highest BCUT2D eigenvalue weighted by Crippen LogP contribution is 2.30. The van der Waals surface area contributed by atoms with E-state index in [0.717, 1.165) is 37.6 Å². The molecule has 0 aromatic heterocycles. The lowest BCUT2D eigenvalue weighted by atomic mass is 9.93. The Labute approximate surface area is 140 Å². The predicted molar refractivity (Wildman–Crippen MR) is 90.4 cm³/mol. The minimum atomic E-state index is -0.281. The van der Waals surface area contributed by atoms with Crippen molar-refractivity contribution in [2.24, 2.45) is 5.73 Å². The van der Waals surface area contributed by atoms with Gasteiger partial charge in [-0.2, -0.15) is 0 Å². The maximum absolute atomic E-state index is 11.9. The zero-order valence-electron chi connectivity index (χ0n) is 11.2. The number of benzene rings is 2. The van der Waals surface area contributed by atoms with E-state index in [1.54, 1.807) is 0 Å². The van der Waals surface area contributed by atoms with Crippen LogP contribution in [-0.2, 0) is 6.42 Å². The number of hydrogen-bond acceptors (Lipinski definition) is 2. The van der Waals surface area contributed by atoms with Crippen LogP contribution in [0.5, 0.6) is 0 Å². The number of carbonyl (C=O) groups is 1. The molecule has 108 valence electrons. The van der Waals surface area contributed by atoms with E-state index < -0.39 is 0 Å². The van der Waals surface area contributed by atoms with Gasteiger partial charge >= 0.3 is 0 Å². The van der Waals surface area contributed by atoms with Crippen molar-refractivity contribution < 1.29 is 4.79 Å². The highest BCUT2D eigenvalue weighted by Gasteiger charge is 2.20. The smallest absolute Gasteiger partial charge is 0.251 e. The molecule has 2 aromatic rings. The van der Waals surface area contributed by atoms with Crippen LogP contribution in [0.1, 0.15) is 33.1 Å². The first kappa shape index (κ1) is 14.8. The first-order valence-corrected chi connectivity index (χ1v) is 8.26. The first-order chi connectivity index (χ1) is 10.1. The molecule has 2 aromatic carbocycles. The largest absolute Gasteiger partial charge is 0.352 e. The summed E-state index contributed by atoms with van der Waals surface area (Å²) in [6.07, 6.45) is 0.872. The molecule has 0 saturated heterocycles. The number of hydrogen-bond donors (Lipinski definition) is 2. The van der Waals surface area contributed by atoms with Gasteiger partial charge in [0.2, 0.25) is 0 Å². The molecule has 0 aliphatic carbocycles. The van der Waals surface area contributed by atoms with Crippen molar-refractivity contribution in [2.45, 2.75) is 12.5 Å². The summed E-state index contributed by atoms with van der Waals surface area (Å²) < 4.78 is 1.94. The van der Waals surface area contributed by atoms with Crippen molar-refractivity contribution in [3.8, 4) is 0 Å². The maximum Gasteiger partial charge on any atom is 0.251 e. The third kappa shape index (κ3) is 2.91.